The number of hydrogen-bond donors (Lipinski definition) is 0. The van der Waals surface area contributed by atoms with Gasteiger partial charge in [-0.15, -0.1) is 0 Å². The molecule has 0 unspecified atom stereocenters. The van der Waals surface area contributed by atoms with Crippen molar-refractivity contribution < 1.29 is 0 Å². The van der Waals surface area contributed by atoms with E-state index in [2.05, 4.69) is 0 Å². The van der Waals surface area contributed by atoms with E-state index in [0.29, 0.717) is 7.28 Å². The molecule has 2 aliphatic heterocycles. The van der Waals surface area contributed by atoms with Gasteiger partial charge in [0.15, 0.2) is 0 Å². The third-order valence-corrected chi connectivity index (χ3v) is 3.73. The first-order chi connectivity index (χ1) is 4.45. The molecule has 9 heavy (non-hydrogen) atoms. The molecule has 0 atom stereocenters. The standard InChI is InChI=1S/C8H16B/c1-3-7-5-2-6-8(4-1)9-7/h7-8H,1-6,9H2/q-1. The molecule has 2 rings (SSSR count). The molecule has 2 aliphatic rings. The largest absolute Gasteiger partial charge is 0.172 e. The Balaban J connectivity index is 1.96. The smallest absolute Gasteiger partial charge is 0.0261 e. The topological polar surface area (TPSA) is 0 Å². The fourth-order valence-electron chi connectivity index (χ4n) is 3.25. The Morgan fingerprint density at radius 1 is 0.778 bits per heavy atom. The lowest BCUT2D eigenvalue weighted by Gasteiger charge is -2.39. The van der Waals surface area contributed by atoms with Crippen LogP contribution < -0.4 is 0 Å². The van der Waals surface area contributed by atoms with Crippen molar-refractivity contribution in [1.29, 1.82) is 0 Å². The van der Waals surface area contributed by atoms with Gasteiger partial charge < -0.3 is 0 Å². The van der Waals surface area contributed by atoms with Crippen molar-refractivity contribution in [2.45, 2.75) is 50.2 Å². The van der Waals surface area contributed by atoms with Crippen LogP contribution in [-0.4, -0.2) is 7.28 Å². The van der Waals surface area contributed by atoms with E-state index in [1.165, 1.54) is 11.6 Å². The molecule has 0 amide bonds. The molecule has 0 aromatic heterocycles. The predicted octanol–water partition coefficient (Wildman–Crippen LogP) is 2.10. The quantitative estimate of drug-likeness (QED) is 0.432. The van der Waals surface area contributed by atoms with Crippen LogP contribution in [0.25, 0.3) is 0 Å². The van der Waals surface area contributed by atoms with Crippen LogP contribution in [0.5, 0.6) is 0 Å². The highest BCUT2D eigenvalue weighted by molar-refractivity contribution is 6.40. The van der Waals surface area contributed by atoms with Crippen LogP contribution in [0.1, 0.15) is 38.5 Å². The maximum absolute atomic E-state index is 1.61. The van der Waals surface area contributed by atoms with Crippen molar-refractivity contribution in [2.75, 3.05) is 0 Å². The fraction of sp³-hybridized carbons (Fsp3) is 1.00. The van der Waals surface area contributed by atoms with Gasteiger partial charge in [0.25, 0.3) is 0 Å². The molecule has 0 aliphatic carbocycles. The number of fused-ring (bicyclic) bond motifs is 2. The molecule has 0 N–H and O–H groups in total. The van der Waals surface area contributed by atoms with E-state index in [1.54, 1.807) is 38.5 Å². The van der Waals surface area contributed by atoms with E-state index in [-0.39, 0.29) is 0 Å². The van der Waals surface area contributed by atoms with Crippen molar-refractivity contribution in [3.05, 3.63) is 0 Å². The third kappa shape index (κ3) is 1.15. The van der Waals surface area contributed by atoms with E-state index in [1.807, 2.05) is 0 Å². The third-order valence-electron chi connectivity index (χ3n) is 3.73. The average molecular weight is 123 g/mol. The summed E-state index contributed by atoms with van der Waals surface area (Å²) < 4.78 is 0. The van der Waals surface area contributed by atoms with Gasteiger partial charge in [-0.2, -0.15) is 11.6 Å². The van der Waals surface area contributed by atoms with Gasteiger partial charge in [-0.25, -0.2) is 0 Å². The van der Waals surface area contributed by atoms with E-state index in [0.717, 1.165) is 0 Å². The second-order valence-corrected chi connectivity index (χ2v) is 4.41. The van der Waals surface area contributed by atoms with Gasteiger partial charge in [0.05, 0.1) is 0 Å². The van der Waals surface area contributed by atoms with Crippen molar-refractivity contribution in [3.8, 4) is 0 Å². The zero-order valence-electron chi connectivity index (χ0n) is 6.40. The first-order valence-corrected chi connectivity index (χ1v) is 4.79. The monoisotopic (exact) mass is 123 g/mol. The van der Waals surface area contributed by atoms with E-state index >= 15 is 0 Å². The highest BCUT2D eigenvalue weighted by Crippen LogP contribution is 2.40. The van der Waals surface area contributed by atoms with Crippen LogP contribution in [0.2, 0.25) is 11.6 Å². The van der Waals surface area contributed by atoms with Crippen LogP contribution >= 0.6 is 0 Å². The minimum atomic E-state index is 0.549. The molecule has 1 heteroatoms. The van der Waals surface area contributed by atoms with Crippen molar-refractivity contribution in [3.63, 3.8) is 0 Å². The highest BCUT2D eigenvalue weighted by Gasteiger charge is 2.19. The normalized spacial score (nSPS) is 42.7. The Morgan fingerprint density at radius 3 is 1.56 bits per heavy atom. The Hall–Kier alpha value is 0.0649. The summed E-state index contributed by atoms with van der Waals surface area (Å²) in [6.07, 6.45) is 9.57. The average Bonchev–Trinajstić information content (AvgIpc) is 1.88. The molecule has 0 aromatic rings. The van der Waals surface area contributed by atoms with Crippen LogP contribution in [0, 0.1) is 0 Å². The summed E-state index contributed by atoms with van der Waals surface area (Å²) in [5, 5.41) is 0. The van der Waals surface area contributed by atoms with Gasteiger partial charge in [-0.1, -0.05) is 38.5 Å². The molecule has 2 bridgehead atoms. The Bertz CT molecular complexity index is 80.7. The lowest BCUT2D eigenvalue weighted by molar-refractivity contribution is 0.455. The molecule has 0 spiro atoms. The van der Waals surface area contributed by atoms with E-state index < -0.39 is 0 Å². The summed E-state index contributed by atoms with van der Waals surface area (Å²) in [5.74, 6) is 2.55. The van der Waals surface area contributed by atoms with E-state index in [4.69, 9.17) is 0 Å². The molecule has 52 valence electrons. The number of rotatable bonds is 0. The zero-order chi connectivity index (χ0) is 6.10. The maximum Gasteiger partial charge on any atom is -0.0261 e. The Morgan fingerprint density at radius 2 is 1.22 bits per heavy atom. The van der Waals surface area contributed by atoms with Gasteiger partial charge >= 0.3 is 0 Å². The molecule has 0 nitrogen and oxygen atoms in total. The lowest BCUT2D eigenvalue weighted by Crippen LogP contribution is -2.21. The van der Waals surface area contributed by atoms with Crippen LogP contribution in [0.15, 0.2) is 0 Å². The molecule has 2 saturated heterocycles. The van der Waals surface area contributed by atoms with Gasteiger partial charge in [0, 0.05) is 0 Å². The predicted molar refractivity (Wildman–Crippen MR) is 43.7 cm³/mol. The lowest BCUT2D eigenvalue weighted by atomic mass is 9.44. The zero-order valence-corrected chi connectivity index (χ0v) is 6.40. The molecule has 0 saturated carbocycles. The summed E-state index contributed by atoms with van der Waals surface area (Å²) in [7, 11) is 0.549. The molecule has 0 radical (unpaired) electrons. The van der Waals surface area contributed by atoms with Gasteiger partial charge in [0.1, 0.15) is 0 Å². The second-order valence-electron chi connectivity index (χ2n) is 4.41. The fourth-order valence-corrected chi connectivity index (χ4v) is 3.25. The molecular weight excluding hydrogens is 107 g/mol. The van der Waals surface area contributed by atoms with Crippen molar-refractivity contribution >= 4 is 7.28 Å². The van der Waals surface area contributed by atoms with Crippen LogP contribution in [0.3, 0.4) is 0 Å². The maximum atomic E-state index is 1.61. The molecule has 2 fully saturated rings. The molecule has 2 heterocycles. The summed E-state index contributed by atoms with van der Waals surface area (Å²) in [5.41, 5.74) is 0. The highest BCUT2D eigenvalue weighted by atomic mass is 14.2. The van der Waals surface area contributed by atoms with Crippen LogP contribution in [0.4, 0.5) is 0 Å². The summed E-state index contributed by atoms with van der Waals surface area (Å²) >= 11 is 0. The van der Waals surface area contributed by atoms with E-state index in [9.17, 15) is 0 Å². The first-order valence-electron chi connectivity index (χ1n) is 4.79. The summed E-state index contributed by atoms with van der Waals surface area (Å²) in [6.45, 7) is 0. The summed E-state index contributed by atoms with van der Waals surface area (Å²) in [4.78, 5) is 0. The minimum Gasteiger partial charge on any atom is -0.172 e. The van der Waals surface area contributed by atoms with Gasteiger partial charge in [-0.3, -0.25) is 0 Å². The second kappa shape index (κ2) is 2.36. The molecule has 0 aromatic carbocycles. The van der Waals surface area contributed by atoms with Crippen molar-refractivity contribution in [2.24, 2.45) is 0 Å². The summed E-state index contributed by atoms with van der Waals surface area (Å²) in [6, 6.07) is 0. The first kappa shape index (κ1) is 5.82. The Kier molecular flexibility index (Phi) is 1.53. The van der Waals surface area contributed by atoms with Crippen molar-refractivity contribution in [1.82, 2.24) is 0 Å². The molecular formula is C8H16B-. The Labute approximate surface area is 58.3 Å². The number of hydrogen-bond acceptors (Lipinski definition) is 0. The van der Waals surface area contributed by atoms with Gasteiger partial charge in [-0.05, 0) is 7.28 Å². The van der Waals surface area contributed by atoms with Gasteiger partial charge in [0.2, 0.25) is 0 Å². The minimum absolute atomic E-state index is 0.549. The van der Waals surface area contributed by atoms with Crippen LogP contribution in [-0.2, 0) is 0 Å². The SMILES string of the molecule is [BH2-]1C2CCCC1CCC2.